The number of rotatable bonds is 4. The first kappa shape index (κ1) is 18.5. The van der Waals surface area contributed by atoms with E-state index in [1.165, 1.54) is 6.07 Å². The fourth-order valence-corrected chi connectivity index (χ4v) is 4.26. The van der Waals surface area contributed by atoms with Crippen molar-refractivity contribution in [2.24, 2.45) is 0 Å². The average molecular weight is 387 g/mol. The molecule has 27 heavy (non-hydrogen) atoms. The molecule has 1 amide bonds. The van der Waals surface area contributed by atoms with Gasteiger partial charge in [-0.3, -0.25) is 4.79 Å². The first-order valence-corrected chi connectivity index (χ1v) is 9.91. The Morgan fingerprint density at radius 2 is 1.81 bits per heavy atom. The molecule has 1 saturated carbocycles. The van der Waals surface area contributed by atoms with Gasteiger partial charge in [0.15, 0.2) is 0 Å². The van der Waals surface area contributed by atoms with Crippen molar-refractivity contribution >= 4 is 17.5 Å². The molecule has 0 radical (unpaired) electrons. The maximum Gasteiger partial charge on any atom is 0.253 e. The van der Waals surface area contributed by atoms with Crippen molar-refractivity contribution < 1.29 is 9.18 Å². The number of nitrogens with zero attached hydrogens (tertiary/aromatic N) is 1. The molecule has 5 heteroatoms. The van der Waals surface area contributed by atoms with E-state index in [2.05, 4.69) is 12.2 Å². The molecule has 2 aromatic rings. The van der Waals surface area contributed by atoms with Crippen molar-refractivity contribution in [3.05, 3.63) is 70.5 Å². The van der Waals surface area contributed by atoms with Crippen molar-refractivity contribution in [3.8, 4) is 0 Å². The summed E-state index contributed by atoms with van der Waals surface area (Å²) in [6, 6.07) is 14.8. The maximum absolute atomic E-state index is 14.1. The summed E-state index contributed by atoms with van der Waals surface area (Å²) in [6.07, 6.45) is 2.80. The van der Waals surface area contributed by atoms with E-state index in [4.69, 9.17) is 11.6 Å². The molecule has 0 bridgehead atoms. The van der Waals surface area contributed by atoms with Crippen LogP contribution in [0.4, 0.5) is 4.39 Å². The summed E-state index contributed by atoms with van der Waals surface area (Å²) in [4.78, 5) is 14.5. The van der Waals surface area contributed by atoms with Gasteiger partial charge >= 0.3 is 0 Å². The van der Waals surface area contributed by atoms with Crippen molar-refractivity contribution in [3.63, 3.8) is 0 Å². The summed E-state index contributed by atoms with van der Waals surface area (Å²) in [7, 11) is 0. The molecule has 0 unspecified atom stereocenters. The van der Waals surface area contributed by atoms with Crippen molar-refractivity contribution in [1.82, 2.24) is 10.2 Å². The van der Waals surface area contributed by atoms with Crippen LogP contribution in [0, 0.1) is 5.82 Å². The van der Waals surface area contributed by atoms with E-state index in [0.29, 0.717) is 22.7 Å². The number of piperidine rings is 1. The molecule has 1 N–H and O–H groups in total. The van der Waals surface area contributed by atoms with Gasteiger partial charge in [-0.25, -0.2) is 4.39 Å². The molecule has 4 rings (SSSR count). The monoisotopic (exact) mass is 386 g/mol. The molecule has 1 aliphatic heterocycles. The SMILES string of the molecule is C[C@]1(c2ccccc2F)C[C@@H]1NC1CCN(C(=O)c2ccc(Cl)cc2)CC1. The van der Waals surface area contributed by atoms with Crippen LogP contribution in [0.15, 0.2) is 48.5 Å². The molecule has 0 aromatic heterocycles. The van der Waals surface area contributed by atoms with Crippen LogP contribution >= 0.6 is 11.6 Å². The summed E-state index contributed by atoms with van der Waals surface area (Å²) in [5, 5.41) is 4.33. The molecule has 1 aliphatic carbocycles. The molecule has 1 heterocycles. The summed E-state index contributed by atoms with van der Waals surface area (Å²) in [6.45, 7) is 3.60. The minimum absolute atomic E-state index is 0.0627. The van der Waals surface area contributed by atoms with Crippen molar-refractivity contribution in [2.75, 3.05) is 13.1 Å². The Balaban J connectivity index is 1.31. The minimum Gasteiger partial charge on any atom is -0.339 e. The Labute approximate surface area is 164 Å². The van der Waals surface area contributed by atoms with Crippen molar-refractivity contribution in [2.45, 2.75) is 43.7 Å². The number of hydrogen-bond donors (Lipinski definition) is 1. The van der Waals surface area contributed by atoms with Crippen LogP contribution in [0.3, 0.4) is 0 Å². The Morgan fingerprint density at radius 3 is 2.48 bits per heavy atom. The highest BCUT2D eigenvalue weighted by molar-refractivity contribution is 6.30. The second-order valence-corrected chi connectivity index (χ2v) is 8.33. The molecule has 0 spiro atoms. The van der Waals surface area contributed by atoms with Crippen LogP contribution in [-0.2, 0) is 5.41 Å². The van der Waals surface area contributed by atoms with Crippen LogP contribution in [0.2, 0.25) is 5.02 Å². The molecule has 2 aliphatic rings. The lowest BCUT2D eigenvalue weighted by Gasteiger charge is -2.33. The van der Waals surface area contributed by atoms with E-state index >= 15 is 0 Å². The Bertz CT molecular complexity index is 832. The Kier molecular flexibility index (Phi) is 4.95. The predicted molar refractivity (Wildman–Crippen MR) is 106 cm³/mol. The zero-order chi connectivity index (χ0) is 19.0. The third-order valence-corrected chi connectivity index (χ3v) is 6.29. The van der Waals surface area contributed by atoms with Gasteiger partial charge in [0.2, 0.25) is 0 Å². The normalized spacial score (nSPS) is 25.4. The lowest BCUT2D eigenvalue weighted by Crippen LogP contribution is -2.46. The molecule has 1 saturated heterocycles. The van der Waals surface area contributed by atoms with Crippen LogP contribution < -0.4 is 5.32 Å². The molecule has 2 atom stereocenters. The molecular formula is C22H24ClFN2O. The Hall–Kier alpha value is -1.91. The first-order chi connectivity index (χ1) is 13.0. The van der Waals surface area contributed by atoms with Gasteiger partial charge in [-0.15, -0.1) is 0 Å². The van der Waals surface area contributed by atoms with E-state index in [9.17, 15) is 9.18 Å². The van der Waals surface area contributed by atoms with Crippen LogP contribution in [-0.4, -0.2) is 36.0 Å². The van der Waals surface area contributed by atoms with Crippen LogP contribution in [0.1, 0.15) is 42.1 Å². The second-order valence-electron chi connectivity index (χ2n) is 7.89. The number of halogens is 2. The van der Waals surface area contributed by atoms with E-state index in [0.717, 1.165) is 37.9 Å². The third kappa shape index (κ3) is 3.74. The lowest BCUT2D eigenvalue weighted by atomic mass is 9.96. The second kappa shape index (κ2) is 7.25. The molecular weight excluding hydrogens is 363 g/mol. The van der Waals surface area contributed by atoms with Crippen LogP contribution in [0.25, 0.3) is 0 Å². The summed E-state index contributed by atoms with van der Waals surface area (Å²) < 4.78 is 14.1. The minimum atomic E-state index is -0.123. The number of carbonyl (C=O) groups excluding carboxylic acids is 1. The van der Waals surface area contributed by atoms with E-state index in [-0.39, 0.29) is 17.1 Å². The van der Waals surface area contributed by atoms with Gasteiger partial charge in [-0.1, -0.05) is 36.7 Å². The molecule has 2 aromatic carbocycles. The largest absolute Gasteiger partial charge is 0.339 e. The van der Waals surface area contributed by atoms with Gasteiger partial charge in [0.05, 0.1) is 0 Å². The number of carbonyl (C=O) groups is 1. The number of nitrogens with one attached hydrogen (secondary N) is 1. The standard InChI is InChI=1S/C22H24ClFN2O/c1-22(18-4-2-3-5-19(18)24)14-20(22)25-17-10-12-26(13-11-17)21(27)15-6-8-16(23)9-7-15/h2-9,17,20,25H,10-14H2,1H3/t20-,22+/m0/s1. The van der Waals surface area contributed by atoms with E-state index in [1.807, 2.05) is 17.0 Å². The fraction of sp³-hybridized carbons (Fsp3) is 0.409. The topological polar surface area (TPSA) is 32.3 Å². The van der Waals surface area contributed by atoms with Crippen LogP contribution in [0.5, 0.6) is 0 Å². The van der Waals surface area contributed by atoms with E-state index < -0.39 is 0 Å². The first-order valence-electron chi connectivity index (χ1n) is 9.53. The quantitative estimate of drug-likeness (QED) is 0.844. The fourth-order valence-electron chi connectivity index (χ4n) is 4.14. The van der Waals surface area contributed by atoms with Gasteiger partial charge in [0, 0.05) is 41.2 Å². The number of likely N-dealkylation sites (tertiary alicyclic amines) is 1. The smallest absolute Gasteiger partial charge is 0.253 e. The zero-order valence-corrected chi connectivity index (χ0v) is 16.2. The third-order valence-electron chi connectivity index (χ3n) is 6.04. The van der Waals surface area contributed by atoms with Gasteiger partial charge in [0.25, 0.3) is 5.91 Å². The average Bonchev–Trinajstić information content (AvgIpc) is 3.33. The number of amides is 1. The molecule has 3 nitrogen and oxygen atoms in total. The predicted octanol–water partition coefficient (Wildman–Crippen LogP) is 4.40. The molecule has 142 valence electrons. The lowest BCUT2D eigenvalue weighted by molar-refractivity contribution is 0.0704. The number of benzene rings is 2. The molecule has 2 fully saturated rings. The van der Waals surface area contributed by atoms with Gasteiger partial charge in [0.1, 0.15) is 5.82 Å². The maximum atomic E-state index is 14.1. The van der Waals surface area contributed by atoms with Gasteiger partial charge in [-0.05, 0) is 55.2 Å². The number of hydrogen-bond acceptors (Lipinski definition) is 2. The van der Waals surface area contributed by atoms with E-state index in [1.54, 1.807) is 30.3 Å². The van der Waals surface area contributed by atoms with Gasteiger partial charge < -0.3 is 10.2 Å². The zero-order valence-electron chi connectivity index (χ0n) is 15.4. The summed E-state index contributed by atoms with van der Waals surface area (Å²) in [5.41, 5.74) is 1.36. The highest BCUT2D eigenvalue weighted by Crippen LogP contribution is 2.49. The van der Waals surface area contributed by atoms with Crippen molar-refractivity contribution in [1.29, 1.82) is 0 Å². The Morgan fingerprint density at radius 1 is 1.15 bits per heavy atom. The van der Waals surface area contributed by atoms with Gasteiger partial charge in [-0.2, -0.15) is 0 Å². The summed E-state index contributed by atoms with van der Waals surface area (Å²) in [5.74, 6) is -0.0552. The summed E-state index contributed by atoms with van der Waals surface area (Å²) >= 11 is 5.90. The highest BCUT2D eigenvalue weighted by atomic mass is 35.5. The highest BCUT2D eigenvalue weighted by Gasteiger charge is 2.53.